The Hall–Kier alpha value is -2.19. The summed E-state index contributed by atoms with van der Waals surface area (Å²) in [5.74, 6) is 0. The second-order valence-electron chi connectivity index (χ2n) is 6.27. The topological polar surface area (TPSA) is 57.5 Å². The molecule has 0 unspecified atom stereocenters. The van der Waals surface area contributed by atoms with Crippen molar-refractivity contribution in [3.63, 3.8) is 0 Å². The van der Waals surface area contributed by atoms with Gasteiger partial charge in [-0.25, -0.2) is 0 Å². The van der Waals surface area contributed by atoms with Gasteiger partial charge in [0.1, 0.15) is 5.16 Å². The molecule has 0 spiro atoms. The number of hydrogen-bond donors (Lipinski definition) is 2. The summed E-state index contributed by atoms with van der Waals surface area (Å²) in [6, 6.07) is 28.2. The van der Waals surface area contributed by atoms with Crippen molar-refractivity contribution in [1.82, 2.24) is 0 Å². The van der Waals surface area contributed by atoms with Crippen LogP contribution in [0.15, 0.2) is 91.0 Å². The molecule has 2 N–H and O–H groups in total. The van der Waals surface area contributed by atoms with E-state index in [2.05, 4.69) is 0 Å². The van der Waals surface area contributed by atoms with Crippen molar-refractivity contribution in [2.45, 2.75) is 18.0 Å². The summed E-state index contributed by atoms with van der Waals surface area (Å²) in [6.07, 6.45) is 0.550. The molecule has 0 aromatic heterocycles. The first kappa shape index (κ1) is 17.6. The van der Waals surface area contributed by atoms with Crippen molar-refractivity contribution in [1.29, 1.82) is 0 Å². The number of benzene rings is 3. The molecular weight excluding hydrogens is 331 g/mol. The third-order valence-corrected chi connectivity index (χ3v) is 6.24. The molecule has 3 aromatic rings. The van der Waals surface area contributed by atoms with Crippen molar-refractivity contribution in [3.8, 4) is 0 Å². The second kappa shape index (κ2) is 7.37. The lowest BCUT2D eigenvalue weighted by molar-refractivity contribution is 0.320. The summed E-state index contributed by atoms with van der Waals surface area (Å²) in [4.78, 5) is 20.8. The van der Waals surface area contributed by atoms with Gasteiger partial charge in [0.2, 0.25) is 0 Å². The van der Waals surface area contributed by atoms with Gasteiger partial charge in [0.15, 0.2) is 0 Å². The van der Waals surface area contributed by atoms with Gasteiger partial charge in [0, 0.05) is 0 Å². The molecule has 0 aliphatic carbocycles. The molecule has 0 aliphatic heterocycles. The monoisotopic (exact) mass is 352 g/mol. The molecule has 3 nitrogen and oxygen atoms in total. The molecule has 0 saturated heterocycles. The Morgan fingerprint density at radius 1 is 0.640 bits per heavy atom. The number of hydrogen-bond acceptors (Lipinski definition) is 1. The van der Waals surface area contributed by atoms with E-state index >= 15 is 0 Å². The fraction of sp³-hybridized carbons (Fsp3) is 0.143. The largest absolute Gasteiger partial charge is 0.336 e. The Balaban J connectivity index is 2.15. The fourth-order valence-electron chi connectivity index (χ4n) is 3.26. The van der Waals surface area contributed by atoms with Gasteiger partial charge in [-0.1, -0.05) is 91.0 Å². The molecule has 0 aliphatic rings. The quantitative estimate of drug-likeness (QED) is 0.640. The third kappa shape index (κ3) is 3.91. The van der Waals surface area contributed by atoms with Crippen LogP contribution in [-0.2, 0) is 22.6 Å². The maximum Gasteiger partial charge on any atom is 0.336 e. The normalized spacial score (nSPS) is 12.1. The third-order valence-electron chi connectivity index (χ3n) is 4.55. The molecule has 0 heterocycles. The predicted octanol–water partition coefficient (Wildman–Crippen LogP) is 4.55. The minimum Gasteiger partial charge on any atom is -0.324 e. The molecule has 0 amide bonds. The Kier molecular flexibility index (Phi) is 5.19. The average Bonchev–Trinajstić information content (AvgIpc) is 2.63. The van der Waals surface area contributed by atoms with Gasteiger partial charge in [-0.2, -0.15) is 0 Å². The van der Waals surface area contributed by atoms with E-state index in [9.17, 15) is 14.4 Å². The van der Waals surface area contributed by atoms with E-state index in [0.29, 0.717) is 5.56 Å². The predicted molar refractivity (Wildman–Crippen MR) is 100 cm³/mol. The summed E-state index contributed by atoms with van der Waals surface area (Å²) >= 11 is 0. The van der Waals surface area contributed by atoms with Crippen molar-refractivity contribution in [2.75, 3.05) is 0 Å². The molecule has 25 heavy (non-hydrogen) atoms. The summed E-state index contributed by atoms with van der Waals surface area (Å²) in [6.45, 7) is 0. The van der Waals surface area contributed by atoms with Crippen LogP contribution >= 0.6 is 7.60 Å². The summed E-state index contributed by atoms with van der Waals surface area (Å²) in [5.41, 5.74) is 2.48. The van der Waals surface area contributed by atoms with Crippen LogP contribution in [0.5, 0.6) is 0 Å². The second-order valence-corrected chi connectivity index (χ2v) is 8.21. The highest BCUT2D eigenvalue weighted by Gasteiger charge is 2.48. The van der Waals surface area contributed by atoms with Crippen LogP contribution in [-0.4, -0.2) is 9.79 Å². The van der Waals surface area contributed by atoms with Gasteiger partial charge in [-0.3, -0.25) is 4.57 Å². The van der Waals surface area contributed by atoms with Crippen LogP contribution in [0, 0.1) is 0 Å². The molecule has 128 valence electrons. The zero-order chi connectivity index (χ0) is 17.8. The van der Waals surface area contributed by atoms with Crippen LogP contribution in [0.25, 0.3) is 0 Å². The molecule has 0 radical (unpaired) electrons. The Morgan fingerprint density at radius 2 is 1.00 bits per heavy atom. The highest BCUT2D eigenvalue weighted by Crippen LogP contribution is 2.60. The van der Waals surface area contributed by atoms with Gasteiger partial charge in [-0.05, 0) is 29.5 Å². The smallest absolute Gasteiger partial charge is 0.324 e. The molecule has 0 fully saturated rings. The maximum atomic E-state index is 12.8. The standard InChI is InChI=1S/C21H21O3P/c22-25(23,24)21(20-14-8-3-9-15-20,16-18-10-4-1-5-11-18)17-19-12-6-2-7-13-19/h1-15H,16-17H2,(H2,22,23,24). The SMILES string of the molecule is O=P(O)(O)C(Cc1ccccc1)(Cc1ccccc1)c1ccccc1. The molecule has 3 aromatic carbocycles. The van der Waals surface area contributed by atoms with Gasteiger partial charge in [-0.15, -0.1) is 0 Å². The van der Waals surface area contributed by atoms with Crippen molar-refractivity contribution in [3.05, 3.63) is 108 Å². The first-order valence-electron chi connectivity index (χ1n) is 8.20. The van der Waals surface area contributed by atoms with Crippen LogP contribution in [0.1, 0.15) is 16.7 Å². The Labute approximate surface area is 148 Å². The zero-order valence-electron chi connectivity index (χ0n) is 13.8. The van der Waals surface area contributed by atoms with Crippen molar-refractivity contribution in [2.24, 2.45) is 0 Å². The van der Waals surface area contributed by atoms with E-state index in [1.165, 1.54) is 0 Å². The van der Waals surface area contributed by atoms with Crippen molar-refractivity contribution >= 4 is 7.60 Å². The van der Waals surface area contributed by atoms with E-state index in [0.717, 1.165) is 11.1 Å². The van der Waals surface area contributed by atoms with E-state index in [-0.39, 0.29) is 12.8 Å². The van der Waals surface area contributed by atoms with Crippen LogP contribution < -0.4 is 0 Å². The minimum absolute atomic E-state index is 0.275. The molecule has 3 rings (SSSR count). The van der Waals surface area contributed by atoms with Crippen LogP contribution in [0.2, 0.25) is 0 Å². The highest BCUT2D eigenvalue weighted by atomic mass is 31.2. The molecule has 0 saturated carbocycles. The molecule has 0 atom stereocenters. The van der Waals surface area contributed by atoms with Crippen LogP contribution in [0.4, 0.5) is 0 Å². The fourth-order valence-corrected chi connectivity index (χ4v) is 4.52. The minimum atomic E-state index is -4.46. The van der Waals surface area contributed by atoms with Crippen molar-refractivity contribution < 1.29 is 14.4 Å². The van der Waals surface area contributed by atoms with E-state index in [4.69, 9.17) is 0 Å². The van der Waals surface area contributed by atoms with E-state index in [1.807, 2.05) is 91.0 Å². The maximum absolute atomic E-state index is 12.8. The molecule has 0 bridgehead atoms. The molecule has 4 heteroatoms. The zero-order valence-corrected chi connectivity index (χ0v) is 14.7. The first-order chi connectivity index (χ1) is 12.0. The summed E-state index contributed by atoms with van der Waals surface area (Å²) in [7, 11) is -4.46. The van der Waals surface area contributed by atoms with Gasteiger partial charge < -0.3 is 9.79 Å². The lowest BCUT2D eigenvalue weighted by Gasteiger charge is -2.35. The molecular formula is C21H21O3P. The summed E-state index contributed by atoms with van der Waals surface area (Å²) in [5, 5.41) is -1.29. The Bertz CT molecular complexity index is 801. The van der Waals surface area contributed by atoms with Gasteiger partial charge in [0.25, 0.3) is 0 Å². The first-order valence-corrected chi connectivity index (χ1v) is 9.81. The Morgan fingerprint density at radius 3 is 1.36 bits per heavy atom. The number of rotatable bonds is 6. The van der Waals surface area contributed by atoms with Crippen LogP contribution in [0.3, 0.4) is 0 Å². The lowest BCUT2D eigenvalue weighted by Crippen LogP contribution is -2.32. The van der Waals surface area contributed by atoms with E-state index in [1.54, 1.807) is 0 Å². The van der Waals surface area contributed by atoms with Gasteiger partial charge in [0.05, 0.1) is 0 Å². The summed E-state index contributed by atoms with van der Waals surface area (Å²) < 4.78 is 12.8. The average molecular weight is 352 g/mol. The van der Waals surface area contributed by atoms with E-state index < -0.39 is 12.8 Å². The lowest BCUT2D eigenvalue weighted by atomic mass is 9.85. The van der Waals surface area contributed by atoms with Gasteiger partial charge >= 0.3 is 7.60 Å². The highest BCUT2D eigenvalue weighted by molar-refractivity contribution is 7.53.